The van der Waals surface area contributed by atoms with Gasteiger partial charge in [-0.3, -0.25) is 4.79 Å². The molecular weight excluding hydrogens is 196 g/mol. The zero-order valence-electron chi connectivity index (χ0n) is 8.10. The zero-order valence-corrected chi connectivity index (χ0v) is 8.10. The summed E-state index contributed by atoms with van der Waals surface area (Å²) in [5.74, 6) is -1.77. The molecular formula is C11H10O4. The van der Waals surface area contributed by atoms with Crippen molar-refractivity contribution in [1.29, 1.82) is 0 Å². The smallest absolute Gasteiger partial charge is 0.339 e. The Balaban J connectivity index is 3.13. The summed E-state index contributed by atoms with van der Waals surface area (Å²) in [6.07, 6.45) is 1.23. The molecule has 0 heterocycles. The molecule has 1 aromatic rings. The quantitative estimate of drug-likeness (QED) is 0.446. The van der Waals surface area contributed by atoms with Gasteiger partial charge in [-0.1, -0.05) is 12.1 Å². The Labute approximate surface area is 86.5 Å². The maximum Gasteiger partial charge on any atom is 0.339 e. The maximum atomic E-state index is 11.0. The van der Waals surface area contributed by atoms with Crippen LogP contribution in [0.15, 0.2) is 29.8 Å². The normalized spacial score (nSPS) is 11.1. The number of hydrogen-bond donors (Lipinski definition) is 2. The molecule has 0 saturated heterocycles. The zero-order chi connectivity index (χ0) is 11.4. The van der Waals surface area contributed by atoms with Crippen molar-refractivity contribution in [3.8, 4) is 5.75 Å². The second kappa shape index (κ2) is 4.41. The largest absolute Gasteiger partial charge is 0.508 e. The summed E-state index contributed by atoms with van der Waals surface area (Å²) in [6, 6.07) is 6.02. The van der Waals surface area contributed by atoms with E-state index in [1.807, 2.05) is 0 Å². The van der Waals surface area contributed by atoms with Crippen molar-refractivity contribution in [2.45, 2.75) is 6.92 Å². The molecule has 0 atom stereocenters. The van der Waals surface area contributed by atoms with Crippen LogP contribution in [0.3, 0.4) is 0 Å². The Morgan fingerprint density at radius 3 is 2.47 bits per heavy atom. The molecule has 0 aliphatic carbocycles. The molecule has 0 saturated carbocycles. The average molecular weight is 206 g/mol. The molecule has 0 aromatic heterocycles. The van der Waals surface area contributed by atoms with Gasteiger partial charge in [-0.25, -0.2) is 4.79 Å². The molecule has 4 heteroatoms. The van der Waals surface area contributed by atoms with E-state index in [-0.39, 0.29) is 11.3 Å². The molecule has 1 aromatic carbocycles. The molecule has 4 nitrogen and oxygen atoms in total. The standard InChI is InChI=1S/C11H10O4/c1-7(12)10(11(14)15)6-8-3-2-4-9(13)5-8/h2-6,13H,1H3,(H,14,15). The lowest BCUT2D eigenvalue weighted by atomic mass is 10.1. The van der Waals surface area contributed by atoms with Crippen LogP contribution in [0.2, 0.25) is 0 Å². The first-order chi connectivity index (χ1) is 7.00. The molecule has 0 amide bonds. The van der Waals surface area contributed by atoms with E-state index in [1.165, 1.54) is 25.1 Å². The van der Waals surface area contributed by atoms with Gasteiger partial charge in [-0.05, 0) is 30.7 Å². The summed E-state index contributed by atoms with van der Waals surface area (Å²) in [6.45, 7) is 1.18. The van der Waals surface area contributed by atoms with Gasteiger partial charge < -0.3 is 10.2 Å². The number of carbonyl (C=O) groups excluding carboxylic acids is 1. The van der Waals surface area contributed by atoms with E-state index in [9.17, 15) is 9.59 Å². The van der Waals surface area contributed by atoms with Gasteiger partial charge in [-0.15, -0.1) is 0 Å². The predicted molar refractivity (Wildman–Crippen MR) is 54.4 cm³/mol. The van der Waals surface area contributed by atoms with Crippen molar-refractivity contribution < 1.29 is 19.8 Å². The minimum atomic E-state index is -1.27. The Kier molecular flexibility index (Phi) is 3.23. The van der Waals surface area contributed by atoms with Crippen LogP contribution in [0.5, 0.6) is 5.75 Å². The fraction of sp³-hybridized carbons (Fsp3) is 0.0909. The summed E-state index contributed by atoms with van der Waals surface area (Å²) >= 11 is 0. The Morgan fingerprint density at radius 1 is 1.33 bits per heavy atom. The fourth-order valence-electron chi connectivity index (χ4n) is 1.10. The first-order valence-electron chi connectivity index (χ1n) is 4.25. The maximum absolute atomic E-state index is 11.0. The van der Waals surface area contributed by atoms with Crippen molar-refractivity contribution in [2.24, 2.45) is 0 Å². The van der Waals surface area contributed by atoms with E-state index in [0.29, 0.717) is 5.56 Å². The molecule has 15 heavy (non-hydrogen) atoms. The van der Waals surface area contributed by atoms with E-state index >= 15 is 0 Å². The second-order valence-corrected chi connectivity index (χ2v) is 3.01. The molecule has 0 fully saturated rings. The van der Waals surface area contributed by atoms with Gasteiger partial charge in [0.05, 0.1) is 0 Å². The number of phenols is 1. The number of ketones is 1. The van der Waals surface area contributed by atoms with Crippen LogP contribution in [-0.4, -0.2) is 22.0 Å². The van der Waals surface area contributed by atoms with E-state index in [1.54, 1.807) is 12.1 Å². The molecule has 1 rings (SSSR count). The average Bonchev–Trinajstić information content (AvgIpc) is 2.13. The summed E-state index contributed by atoms with van der Waals surface area (Å²) in [7, 11) is 0. The van der Waals surface area contributed by atoms with Gasteiger partial charge in [-0.2, -0.15) is 0 Å². The molecule has 0 aliphatic heterocycles. The van der Waals surface area contributed by atoms with Crippen LogP contribution in [0.1, 0.15) is 12.5 Å². The highest BCUT2D eigenvalue weighted by atomic mass is 16.4. The molecule has 0 unspecified atom stereocenters. The van der Waals surface area contributed by atoms with Crippen LogP contribution in [0, 0.1) is 0 Å². The Hall–Kier alpha value is -2.10. The SMILES string of the molecule is CC(=O)C(=Cc1cccc(O)c1)C(=O)O. The van der Waals surface area contributed by atoms with Crippen molar-refractivity contribution in [3.05, 3.63) is 35.4 Å². The number of aromatic hydroxyl groups is 1. The van der Waals surface area contributed by atoms with Gasteiger partial charge in [0.15, 0.2) is 5.78 Å². The van der Waals surface area contributed by atoms with Crippen LogP contribution >= 0.6 is 0 Å². The van der Waals surface area contributed by atoms with E-state index in [4.69, 9.17) is 10.2 Å². The van der Waals surface area contributed by atoms with Gasteiger partial charge >= 0.3 is 5.97 Å². The highest BCUT2D eigenvalue weighted by Crippen LogP contribution is 2.14. The molecule has 2 N–H and O–H groups in total. The minimum absolute atomic E-state index is 0.0250. The first-order valence-corrected chi connectivity index (χ1v) is 4.25. The van der Waals surface area contributed by atoms with E-state index in [0.717, 1.165) is 0 Å². The molecule has 0 aliphatic rings. The van der Waals surface area contributed by atoms with Gasteiger partial charge in [0, 0.05) is 0 Å². The fourth-order valence-corrected chi connectivity index (χ4v) is 1.10. The summed E-state index contributed by atoms with van der Waals surface area (Å²) < 4.78 is 0. The number of benzene rings is 1. The van der Waals surface area contributed by atoms with Crippen LogP contribution < -0.4 is 0 Å². The monoisotopic (exact) mass is 206 g/mol. The van der Waals surface area contributed by atoms with E-state index in [2.05, 4.69) is 0 Å². The van der Waals surface area contributed by atoms with Crippen LogP contribution in [0.4, 0.5) is 0 Å². The molecule has 78 valence electrons. The number of Topliss-reactive ketones (excluding diaryl/α,β-unsaturated/α-hetero) is 1. The molecule has 0 bridgehead atoms. The topological polar surface area (TPSA) is 74.6 Å². The highest BCUT2D eigenvalue weighted by Gasteiger charge is 2.12. The van der Waals surface area contributed by atoms with Crippen molar-refractivity contribution in [1.82, 2.24) is 0 Å². The van der Waals surface area contributed by atoms with Crippen molar-refractivity contribution in [3.63, 3.8) is 0 Å². The molecule has 0 spiro atoms. The third-order valence-electron chi connectivity index (χ3n) is 1.79. The number of carbonyl (C=O) groups is 2. The lowest BCUT2D eigenvalue weighted by molar-refractivity contribution is -0.134. The number of carboxylic acids is 1. The second-order valence-electron chi connectivity index (χ2n) is 3.01. The van der Waals surface area contributed by atoms with Crippen LogP contribution in [-0.2, 0) is 9.59 Å². The van der Waals surface area contributed by atoms with Gasteiger partial charge in [0.2, 0.25) is 0 Å². The number of phenolic OH excluding ortho intramolecular Hbond substituents is 1. The lowest BCUT2D eigenvalue weighted by Gasteiger charge is -1.98. The number of rotatable bonds is 3. The first kappa shape index (κ1) is 11.0. The highest BCUT2D eigenvalue weighted by molar-refractivity contribution is 6.19. The lowest BCUT2D eigenvalue weighted by Crippen LogP contribution is -2.08. The number of carboxylic acid groups (broad SMARTS) is 1. The third kappa shape index (κ3) is 2.95. The van der Waals surface area contributed by atoms with E-state index < -0.39 is 11.8 Å². The van der Waals surface area contributed by atoms with Crippen LogP contribution in [0.25, 0.3) is 6.08 Å². The van der Waals surface area contributed by atoms with Crippen molar-refractivity contribution >= 4 is 17.8 Å². The summed E-state index contributed by atoms with van der Waals surface area (Å²) in [5, 5.41) is 17.9. The predicted octanol–water partition coefficient (Wildman–Crippen LogP) is 1.45. The minimum Gasteiger partial charge on any atom is -0.508 e. The third-order valence-corrected chi connectivity index (χ3v) is 1.79. The van der Waals surface area contributed by atoms with Gasteiger partial charge in [0.1, 0.15) is 11.3 Å². The Morgan fingerprint density at radius 2 is 2.00 bits per heavy atom. The summed E-state index contributed by atoms with van der Waals surface area (Å²) in [5.41, 5.74) is 0.170. The molecule has 0 radical (unpaired) electrons. The van der Waals surface area contributed by atoms with Crippen molar-refractivity contribution in [2.75, 3.05) is 0 Å². The summed E-state index contributed by atoms with van der Waals surface area (Å²) in [4.78, 5) is 21.6. The Bertz CT molecular complexity index is 416. The van der Waals surface area contributed by atoms with Gasteiger partial charge in [0.25, 0.3) is 0 Å². The number of hydrogen-bond acceptors (Lipinski definition) is 3. The number of aliphatic carboxylic acids is 1.